The zero-order valence-corrected chi connectivity index (χ0v) is 12.4. The lowest BCUT2D eigenvalue weighted by Gasteiger charge is -2.24. The largest absolute Gasteiger partial charge is 0.337 e. The summed E-state index contributed by atoms with van der Waals surface area (Å²) in [6.45, 7) is 3.25. The van der Waals surface area contributed by atoms with Gasteiger partial charge in [0.1, 0.15) is 0 Å². The van der Waals surface area contributed by atoms with Crippen LogP contribution in [0.2, 0.25) is 0 Å². The van der Waals surface area contributed by atoms with Gasteiger partial charge in [-0.2, -0.15) is 0 Å². The van der Waals surface area contributed by atoms with Crippen molar-refractivity contribution in [2.75, 3.05) is 6.54 Å². The number of carbonyl (C=O) groups excluding carboxylic acids is 1. The van der Waals surface area contributed by atoms with Crippen molar-refractivity contribution in [3.63, 3.8) is 0 Å². The summed E-state index contributed by atoms with van der Waals surface area (Å²) in [5.41, 5.74) is 8.30. The first kappa shape index (κ1) is 15.3. The number of hydrogen-bond donors (Lipinski definition) is 1. The van der Waals surface area contributed by atoms with Crippen LogP contribution in [0.5, 0.6) is 0 Å². The van der Waals surface area contributed by atoms with E-state index in [2.05, 4.69) is 0 Å². The molecule has 0 saturated carbocycles. The van der Waals surface area contributed by atoms with Gasteiger partial charge in [0.05, 0.1) is 6.04 Å². The Morgan fingerprint density at radius 2 is 1.52 bits per heavy atom. The van der Waals surface area contributed by atoms with Crippen LogP contribution < -0.4 is 5.73 Å². The summed E-state index contributed by atoms with van der Waals surface area (Å²) in [4.78, 5) is 14.3. The molecule has 0 aromatic heterocycles. The lowest BCUT2D eigenvalue weighted by Crippen LogP contribution is -2.44. The van der Waals surface area contributed by atoms with E-state index in [9.17, 15) is 4.79 Å². The Hall–Kier alpha value is -2.13. The van der Waals surface area contributed by atoms with Gasteiger partial charge in [0.2, 0.25) is 5.91 Å². The van der Waals surface area contributed by atoms with Gasteiger partial charge in [-0.1, -0.05) is 60.7 Å². The van der Waals surface area contributed by atoms with Crippen LogP contribution in [0, 0.1) is 0 Å². The normalized spacial score (nSPS) is 11.9. The summed E-state index contributed by atoms with van der Waals surface area (Å²) in [7, 11) is 0. The number of amides is 1. The first-order valence-corrected chi connectivity index (χ1v) is 7.33. The molecule has 1 amide bonds. The van der Waals surface area contributed by atoms with Crippen LogP contribution in [0.15, 0.2) is 60.7 Å². The number of likely N-dealkylation sites (N-methyl/N-ethyl adjacent to an activating group) is 1. The van der Waals surface area contributed by atoms with Crippen LogP contribution in [-0.4, -0.2) is 23.4 Å². The summed E-state index contributed by atoms with van der Waals surface area (Å²) >= 11 is 0. The number of benzene rings is 2. The van der Waals surface area contributed by atoms with Gasteiger partial charge in [0.25, 0.3) is 0 Å². The van der Waals surface area contributed by atoms with Crippen molar-refractivity contribution < 1.29 is 4.79 Å². The van der Waals surface area contributed by atoms with Gasteiger partial charge in [0.15, 0.2) is 0 Å². The molecule has 0 heterocycles. The van der Waals surface area contributed by atoms with Crippen molar-refractivity contribution >= 4 is 5.91 Å². The van der Waals surface area contributed by atoms with Gasteiger partial charge in [-0.3, -0.25) is 4.79 Å². The second-order valence-electron chi connectivity index (χ2n) is 5.13. The third kappa shape index (κ3) is 4.43. The van der Waals surface area contributed by atoms with E-state index < -0.39 is 6.04 Å². The highest BCUT2D eigenvalue weighted by Gasteiger charge is 2.20. The summed E-state index contributed by atoms with van der Waals surface area (Å²) in [6, 6.07) is 19.4. The van der Waals surface area contributed by atoms with Gasteiger partial charge in [-0.05, 0) is 24.5 Å². The first-order chi connectivity index (χ1) is 10.2. The van der Waals surface area contributed by atoms with Crippen LogP contribution in [-0.2, 0) is 17.8 Å². The molecule has 0 saturated heterocycles. The topological polar surface area (TPSA) is 46.3 Å². The molecule has 0 unspecified atom stereocenters. The van der Waals surface area contributed by atoms with E-state index in [-0.39, 0.29) is 5.91 Å². The van der Waals surface area contributed by atoms with Crippen molar-refractivity contribution in [3.8, 4) is 0 Å². The number of rotatable bonds is 6. The fourth-order valence-corrected chi connectivity index (χ4v) is 2.34. The van der Waals surface area contributed by atoms with Crippen LogP contribution in [0.4, 0.5) is 0 Å². The Morgan fingerprint density at radius 3 is 2.05 bits per heavy atom. The van der Waals surface area contributed by atoms with Crippen LogP contribution >= 0.6 is 0 Å². The van der Waals surface area contributed by atoms with E-state index in [1.165, 1.54) is 0 Å². The standard InChI is InChI=1S/C18H22N2O/c1-2-20(14-16-11-7-4-8-12-16)18(21)17(19)13-15-9-5-3-6-10-15/h3-12,17H,2,13-14,19H2,1H3/t17-/m1/s1. The summed E-state index contributed by atoms with van der Waals surface area (Å²) < 4.78 is 0. The Labute approximate surface area is 126 Å². The number of nitrogens with zero attached hydrogens (tertiary/aromatic N) is 1. The highest BCUT2D eigenvalue weighted by molar-refractivity contribution is 5.82. The first-order valence-electron chi connectivity index (χ1n) is 7.33. The third-order valence-electron chi connectivity index (χ3n) is 3.53. The Balaban J connectivity index is 1.99. The average Bonchev–Trinajstić information content (AvgIpc) is 2.54. The molecule has 2 aromatic carbocycles. The summed E-state index contributed by atoms with van der Waals surface area (Å²) in [5.74, 6) is 0.00482. The smallest absolute Gasteiger partial charge is 0.240 e. The molecule has 0 fully saturated rings. The zero-order chi connectivity index (χ0) is 15.1. The van der Waals surface area contributed by atoms with Crippen LogP contribution in [0.25, 0.3) is 0 Å². The van der Waals surface area contributed by atoms with E-state index in [0.29, 0.717) is 19.5 Å². The second kappa shape index (κ2) is 7.60. The lowest BCUT2D eigenvalue weighted by atomic mass is 10.1. The van der Waals surface area contributed by atoms with Gasteiger partial charge in [-0.15, -0.1) is 0 Å². The summed E-state index contributed by atoms with van der Waals surface area (Å²) in [6.07, 6.45) is 0.574. The minimum atomic E-state index is -0.490. The molecule has 3 heteroatoms. The zero-order valence-electron chi connectivity index (χ0n) is 12.4. The SMILES string of the molecule is CCN(Cc1ccccc1)C(=O)[C@H](N)Cc1ccccc1. The minimum Gasteiger partial charge on any atom is -0.337 e. The monoisotopic (exact) mass is 282 g/mol. The third-order valence-corrected chi connectivity index (χ3v) is 3.53. The Kier molecular flexibility index (Phi) is 5.52. The quantitative estimate of drug-likeness (QED) is 0.885. The van der Waals surface area contributed by atoms with Gasteiger partial charge < -0.3 is 10.6 Å². The fraction of sp³-hybridized carbons (Fsp3) is 0.278. The van der Waals surface area contributed by atoms with Crippen molar-refractivity contribution in [2.45, 2.75) is 25.9 Å². The molecular formula is C18H22N2O. The number of nitrogens with two attached hydrogens (primary N) is 1. The van der Waals surface area contributed by atoms with E-state index in [1.54, 1.807) is 0 Å². The van der Waals surface area contributed by atoms with Crippen LogP contribution in [0.1, 0.15) is 18.1 Å². The number of hydrogen-bond acceptors (Lipinski definition) is 2. The van der Waals surface area contributed by atoms with Crippen molar-refractivity contribution in [3.05, 3.63) is 71.8 Å². The molecule has 0 spiro atoms. The minimum absolute atomic E-state index is 0.00482. The van der Waals surface area contributed by atoms with Crippen molar-refractivity contribution in [2.24, 2.45) is 5.73 Å². The molecule has 0 aliphatic carbocycles. The lowest BCUT2D eigenvalue weighted by molar-refractivity contribution is -0.133. The Bertz CT molecular complexity index is 554. The average molecular weight is 282 g/mol. The molecule has 21 heavy (non-hydrogen) atoms. The van der Waals surface area contributed by atoms with E-state index in [4.69, 9.17) is 5.73 Å². The molecule has 2 N–H and O–H groups in total. The molecule has 110 valence electrons. The van der Waals surface area contributed by atoms with Gasteiger partial charge >= 0.3 is 0 Å². The van der Waals surface area contributed by atoms with Crippen LogP contribution in [0.3, 0.4) is 0 Å². The molecule has 2 rings (SSSR count). The molecule has 0 aliphatic heterocycles. The number of carbonyl (C=O) groups is 1. The molecule has 3 nitrogen and oxygen atoms in total. The van der Waals surface area contributed by atoms with Crippen molar-refractivity contribution in [1.29, 1.82) is 0 Å². The highest BCUT2D eigenvalue weighted by atomic mass is 16.2. The van der Waals surface area contributed by atoms with E-state index in [0.717, 1.165) is 11.1 Å². The maximum Gasteiger partial charge on any atom is 0.240 e. The highest BCUT2D eigenvalue weighted by Crippen LogP contribution is 2.08. The molecule has 0 bridgehead atoms. The maximum absolute atomic E-state index is 12.5. The maximum atomic E-state index is 12.5. The predicted octanol–water partition coefficient (Wildman–Crippen LogP) is 2.61. The van der Waals surface area contributed by atoms with Gasteiger partial charge in [-0.25, -0.2) is 0 Å². The second-order valence-corrected chi connectivity index (χ2v) is 5.13. The van der Waals surface area contributed by atoms with Crippen molar-refractivity contribution in [1.82, 2.24) is 4.90 Å². The van der Waals surface area contributed by atoms with E-state index in [1.807, 2.05) is 72.5 Å². The molecule has 1 atom stereocenters. The van der Waals surface area contributed by atoms with Gasteiger partial charge in [0, 0.05) is 13.1 Å². The fourth-order valence-electron chi connectivity index (χ4n) is 2.34. The van der Waals surface area contributed by atoms with E-state index >= 15 is 0 Å². The Morgan fingerprint density at radius 1 is 1.00 bits per heavy atom. The molecule has 2 aromatic rings. The molecular weight excluding hydrogens is 260 g/mol. The molecule has 0 aliphatic rings. The predicted molar refractivity (Wildman–Crippen MR) is 85.7 cm³/mol. The molecule has 0 radical (unpaired) electrons. The summed E-state index contributed by atoms with van der Waals surface area (Å²) in [5, 5.41) is 0.